The molecule has 2 aliphatic rings. The molecule has 0 saturated carbocycles. The molecular formula is C21H20N2O4. The van der Waals surface area contributed by atoms with Crippen molar-refractivity contribution in [3.63, 3.8) is 0 Å². The molecule has 1 fully saturated rings. The van der Waals surface area contributed by atoms with E-state index in [4.69, 9.17) is 4.74 Å². The summed E-state index contributed by atoms with van der Waals surface area (Å²) in [5.74, 6) is -0.116. The Morgan fingerprint density at radius 1 is 1.11 bits per heavy atom. The van der Waals surface area contributed by atoms with E-state index < -0.39 is 6.04 Å². The summed E-state index contributed by atoms with van der Waals surface area (Å²) < 4.78 is 5.35. The number of benzene rings is 2. The van der Waals surface area contributed by atoms with Crippen LogP contribution in [-0.2, 0) is 9.53 Å². The van der Waals surface area contributed by atoms with Crippen molar-refractivity contribution in [3.8, 4) is 5.75 Å². The van der Waals surface area contributed by atoms with Gasteiger partial charge in [0.05, 0.1) is 17.4 Å². The lowest BCUT2D eigenvalue weighted by atomic mass is 10.1. The molecule has 4 rings (SSSR count). The highest BCUT2D eigenvalue weighted by Crippen LogP contribution is 2.30. The van der Waals surface area contributed by atoms with E-state index in [0.29, 0.717) is 24.2 Å². The lowest BCUT2D eigenvalue weighted by Crippen LogP contribution is -2.40. The summed E-state index contributed by atoms with van der Waals surface area (Å²) in [6.07, 6.45) is 4.19. The topological polar surface area (TPSA) is 78.9 Å². The number of hydrogen-bond donors (Lipinski definition) is 2. The summed E-state index contributed by atoms with van der Waals surface area (Å²) >= 11 is 0. The van der Waals surface area contributed by atoms with Crippen molar-refractivity contribution >= 4 is 29.7 Å². The van der Waals surface area contributed by atoms with Crippen molar-refractivity contribution in [2.24, 2.45) is 0 Å². The number of nitrogens with zero attached hydrogens (tertiary/aromatic N) is 1. The Morgan fingerprint density at radius 2 is 1.81 bits per heavy atom. The number of nitrogens with one attached hydrogen (secondary N) is 1. The lowest BCUT2D eigenvalue weighted by Gasteiger charge is -2.19. The van der Waals surface area contributed by atoms with Crippen molar-refractivity contribution in [3.05, 3.63) is 59.2 Å². The van der Waals surface area contributed by atoms with Gasteiger partial charge >= 0.3 is 0 Å². The van der Waals surface area contributed by atoms with Crippen LogP contribution < -0.4 is 5.32 Å². The fourth-order valence-electron chi connectivity index (χ4n) is 3.54. The molecule has 2 unspecified atom stereocenters. The number of carbonyl (C=O) groups is 2. The second-order valence-electron chi connectivity index (χ2n) is 6.79. The van der Waals surface area contributed by atoms with Gasteiger partial charge in [-0.1, -0.05) is 30.4 Å². The summed E-state index contributed by atoms with van der Waals surface area (Å²) in [5.41, 5.74) is 2.81. The summed E-state index contributed by atoms with van der Waals surface area (Å²) in [5, 5.41) is 12.2. The Labute approximate surface area is 157 Å². The second-order valence-corrected chi connectivity index (χ2v) is 6.79. The van der Waals surface area contributed by atoms with Crippen LogP contribution in [0.2, 0.25) is 0 Å². The third-order valence-corrected chi connectivity index (χ3v) is 5.05. The monoisotopic (exact) mass is 364 g/mol. The van der Waals surface area contributed by atoms with Crippen LogP contribution in [0.4, 0.5) is 5.69 Å². The van der Waals surface area contributed by atoms with Gasteiger partial charge in [-0.15, -0.1) is 0 Å². The van der Waals surface area contributed by atoms with E-state index in [2.05, 4.69) is 5.32 Å². The number of anilines is 1. The molecule has 6 nitrogen and oxygen atoms in total. The molecule has 2 aliphatic heterocycles. The van der Waals surface area contributed by atoms with Gasteiger partial charge in [-0.2, -0.15) is 0 Å². The first-order valence-corrected chi connectivity index (χ1v) is 8.81. The number of amides is 2. The number of carbonyl (C=O) groups excluding carboxylic acids is 2. The van der Waals surface area contributed by atoms with E-state index >= 15 is 0 Å². The Balaban J connectivity index is 1.63. The zero-order chi connectivity index (χ0) is 19.0. The normalized spacial score (nSPS) is 21.7. The predicted molar refractivity (Wildman–Crippen MR) is 102 cm³/mol. The van der Waals surface area contributed by atoms with Gasteiger partial charge in [0.1, 0.15) is 11.8 Å². The molecular weight excluding hydrogens is 344 g/mol. The number of aromatic hydroxyl groups is 1. The Kier molecular flexibility index (Phi) is 4.41. The number of fused-ring (bicyclic) bond motifs is 2. The molecule has 0 aliphatic carbocycles. The molecule has 2 aromatic carbocycles. The number of rotatable bonds is 3. The van der Waals surface area contributed by atoms with Crippen LogP contribution >= 0.6 is 0 Å². The average Bonchev–Trinajstić information content (AvgIpc) is 3.09. The van der Waals surface area contributed by atoms with Gasteiger partial charge in [-0.3, -0.25) is 9.59 Å². The molecule has 2 atom stereocenters. The first-order valence-electron chi connectivity index (χ1n) is 8.81. The lowest BCUT2D eigenvalue weighted by molar-refractivity contribution is -0.119. The van der Waals surface area contributed by atoms with Crippen molar-refractivity contribution in [1.29, 1.82) is 0 Å². The minimum absolute atomic E-state index is 0.121. The summed E-state index contributed by atoms with van der Waals surface area (Å²) in [4.78, 5) is 27.1. The minimum Gasteiger partial charge on any atom is -0.508 e. The number of phenols is 1. The van der Waals surface area contributed by atoms with Crippen LogP contribution in [0, 0.1) is 0 Å². The quantitative estimate of drug-likeness (QED) is 0.821. The molecule has 2 aromatic rings. The van der Waals surface area contributed by atoms with Gasteiger partial charge in [-0.25, -0.2) is 0 Å². The molecule has 0 spiro atoms. The first kappa shape index (κ1) is 17.3. The van der Waals surface area contributed by atoms with E-state index in [0.717, 1.165) is 11.1 Å². The van der Waals surface area contributed by atoms with Gasteiger partial charge in [0.25, 0.3) is 5.91 Å². The van der Waals surface area contributed by atoms with E-state index in [9.17, 15) is 14.7 Å². The van der Waals surface area contributed by atoms with Gasteiger partial charge in [0.15, 0.2) is 0 Å². The molecule has 0 bridgehead atoms. The smallest absolute Gasteiger partial charge is 0.256 e. The van der Waals surface area contributed by atoms with Crippen molar-refractivity contribution in [2.45, 2.75) is 18.6 Å². The van der Waals surface area contributed by atoms with E-state index in [1.165, 1.54) is 0 Å². The Bertz CT molecular complexity index is 920. The van der Waals surface area contributed by atoms with Gasteiger partial charge < -0.3 is 20.1 Å². The van der Waals surface area contributed by atoms with Crippen molar-refractivity contribution in [1.82, 2.24) is 4.90 Å². The Hall–Kier alpha value is -3.12. The number of methoxy groups -OCH3 is 1. The number of ether oxygens (including phenoxy) is 1. The molecule has 2 heterocycles. The van der Waals surface area contributed by atoms with E-state index in [1.807, 2.05) is 18.2 Å². The van der Waals surface area contributed by atoms with Crippen LogP contribution in [0.5, 0.6) is 5.75 Å². The maximum absolute atomic E-state index is 13.0. The van der Waals surface area contributed by atoms with Crippen LogP contribution in [0.15, 0.2) is 42.5 Å². The molecule has 0 radical (unpaired) electrons. The third kappa shape index (κ3) is 3.31. The SMILES string of the molecule is COC1CC2C(=O)Nc3ccc(C=Cc4ccc(O)cc4)cc3C(=O)N2C1. The molecule has 27 heavy (non-hydrogen) atoms. The maximum atomic E-state index is 13.0. The van der Waals surface area contributed by atoms with Crippen LogP contribution in [0.25, 0.3) is 12.2 Å². The highest BCUT2D eigenvalue weighted by molar-refractivity contribution is 6.10. The van der Waals surface area contributed by atoms with Crippen LogP contribution in [0.1, 0.15) is 27.9 Å². The summed E-state index contributed by atoms with van der Waals surface area (Å²) in [6, 6.07) is 11.8. The largest absolute Gasteiger partial charge is 0.508 e. The standard InChI is InChI=1S/C21H20N2O4/c1-27-16-11-19-20(25)22-18-9-6-14(10-17(18)21(26)23(19)12-16)3-2-13-4-7-15(24)8-5-13/h2-10,16,19,24H,11-12H2,1H3,(H,22,25). The first-order chi connectivity index (χ1) is 13.0. The second kappa shape index (κ2) is 6.89. The maximum Gasteiger partial charge on any atom is 0.256 e. The molecule has 0 aromatic heterocycles. The van der Waals surface area contributed by atoms with Gasteiger partial charge in [0, 0.05) is 20.1 Å². The molecule has 6 heteroatoms. The molecule has 2 N–H and O–H groups in total. The highest BCUT2D eigenvalue weighted by Gasteiger charge is 2.42. The van der Waals surface area contributed by atoms with Gasteiger partial charge in [0.2, 0.25) is 5.91 Å². The van der Waals surface area contributed by atoms with Crippen LogP contribution in [0.3, 0.4) is 0 Å². The molecule has 138 valence electrons. The third-order valence-electron chi connectivity index (χ3n) is 5.05. The minimum atomic E-state index is -0.495. The summed E-state index contributed by atoms with van der Waals surface area (Å²) in [6.45, 7) is 0.417. The van der Waals surface area contributed by atoms with Crippen LogP contribution in [-0.4, -0.2) is 47.6 Å². The zero-order valence-electron chi connectivity index (χ0n) is 14.9. The molecule has 1 saturated heterocycles. The van der Waals surface area contributed by atoms with E-state index in [-0.39, 0.29) is 23.7 Å². The average molecular weight is 364 g/mol. The zero-order valence-corrected chi connectivity index (χ0v) is 14.9. The van der Waals surface area contributed by atoms with Crippen molar-refractivity contribution < 1.29 is 19.4 Å². The highest BCUT2D eigenvalue weighted by atomic mass is 16.5. The number of hydrogen-bond acceptors (Lipinski definition) is 4. The summed E-state index contributed by atoms with van der Waals surface area (Å²) in [7, 11) is 1.60. The Morgan fingerprint density at radius 3 is 2.56 bits per heavy atom. The van der Waals surface area contributed by atoms with Gasteiger partial charge in [-0.05, 0) is 35.4 Å². The number of phenolic OH excluding ortho intramolecular Hbond substituents is 1. The predicted octanol–water partition coefficient (Wildman–Crippen LogP) is 2.74. The fraction of sp³-hybridized carbons (Fsp3) is 0.238. The fourth-order valence-corrected chi connectivity index (χ4v) is 3.54. The molecule has 2 amide bonds. The van der Waals surface area contributed by atoms with Crippen molar-refractivity contribution in [2.75, 3.05) is 19.0 Å². The van der Waals surface area contributed by atoms with E-state index in [1.54, 1.807) is 48.4 Å².